The molecule has 2 N–H and O–H groups in total. The van der Waals surface area contributed by atoms with E-state index in [2.05, 4.69) is 22.0 Å². The van der Waals surface area contributed by atoms with Crippen LogP contribution in [0.1, 0.15) is 51.0 Å². The average Bonchev–Trinajstić information content (AvgIpc) is 2.85. The van der Waals surface area contributed by atoms with E-state index in [4.69, 9.17) is 17.3 Å². The monoisotopic (exact) mass is 281 g/mol. The second-order valence-electron chi connectivity index (χ2n) is 4.76. The number of nitrogens with zero attached hydrogens (tertiary/aromatic N) is 4. The summed E-state index contributed by atoms with van der Waals surface area (Å²) >= 11 is 6.16. The molecule has 2 rings (SSSR count). The smallest absolute Gasteiger partial charge is 0.255 e. The summed E-state index contributed by atoms with van der Waals surface area (Å²) in [6.45, 7) is 2.22. The molecular formula is C13H20ClN5. The van der Waals surface area contributed by atoms with Crippen molar-refractivity contribution in [2.75, 3.05) is 5.73 Å². The molecule has 0 radical (unpaired) electrons. The van der Waals surface area contributed by atoms with E-state index < -0.39 is 0 Å². The average molecular weight is 282 g/mol. The van der Waals surface area contributed by atoms with Crippen molar-refractivity contribution < 1.29 is 0 Å². The number of aromatic nitrogens is 4. The summed E-state index contributed by atoms with van der Waals surface area (Å²) in [6.07, 6.45) is 9.72. The topological polar surface area (TPSA) is 69.1 Å². The van der Waals surface area contributed by atoms with E-state index in [1.54, 1.807) is 0 Å². The van der Waals surface area contributed by atoms with Gasteiger partial charge in [-0.1, -0.05) is 50.6 Å². The van der Waals surface area contributed by atoms with Gasteiger partial charge in [0.15, 0.2) is 0 Å². The first-order chi connectivity index (χ1) is 9.24. The van der Waals surface area contributed by atoms with Crippen LogP contribution in [0.3, 0.4) is 0 Å². The van der Waals surface area contributed by atoms with Crippen molar-refractivity contribution in [1.29, 1.82) is 0 Å². The first-order valence-electron chi connectivity index (χ1n) is 6.87. The predicted molar refractivity (Wildman–Crippen MR) is 77.3 cm³/mol. The SMILES string of the molecule is CCCCCCCCc1c(Cl)nc2ncnn2c1N. The van der Waals surface area contributed by atoms with Gasteiger partial charge in [0.25, 0.3) is 5.78 Å². The Bertz CT molecular complexity index is 537. The molecule has 0 saturated carbocycles. The molecular weight excluding hydrogens is 262 g/mol. The number of anilines is 1. The maximum atomic E-state index is 6.16. The lowest BCUT2D eigenvalue weighted by Gasteiger charge is -2.08. The van der Waals surface area contributed by atoms with Crippen molar-refractivity contribution in [1.82, 2.24) is 19.6 Å². The van der Waals surface area contributed by atoms with Crippen LogP contribution in [0.25, 0.3) is 5.78 Å². The molecule has 2 heterocycles. The van der Waals surface area contributed by atoms with Crippen LogP contribution in [0, 0.1) is 0 Å². The number of rotatable bonds is 7. The molecule has 104 valence electrons. The van der Waals surface area contributed by atoms with Crippen LogP contribution >= 0.6 is 11.6 Å². The predicted octanol–water partition coefficient (Wildman–Crippen LogP) is 3.26. The number of hydrogen-bond acceptors (Lipinski definition) is 4. The van der Waals surface area contributed by atoms with Crippen LogP contribution in [-0.4, -0.2) is 19.6 Å². The fourth-order valence-corrected chi connectivity index (χ4v) is 2.45. The third-order valence-electron chi connectivity index (χ3n) is 3.29. The molecule has 0 saturated heterocycles. The standard InChI is InChI=1S/C13H20ClN5/c1-2-3-4-5-6-7-8-10-11(14)18-13-16-9-17-19(13)12(10)15/h9H,2-8,15H2,1H3. The molecule has 2 aromatic heterocycles. The van der Waals surface area contributed by atoms with E-state index in [9.17, 15) is 0 Å². The van der Waals surface area contributed by atoms with Crippen LogP contribution in [0.5, 0.6) is 0 Å². The number of nitrogens with two attached hydrogens (primary N) is 1. The van der Waals surface area contributed by atoms with Crippen LogP contribution < -0.4 is 5.73 Å². The summed E-state index contributed by atoms with van der Waals surface area (Å²) in [5.41, 5.74) is 6.95. The normalized spacial score (nSPS) is 11.3. The van der Waals surface area contributed by atoms with Gasteiger partial charge in [-0.15, -0.1) is 0 Å². The number of hydrogen-bond donors (Lipinski definition) is 1. The Kier molecular flexibility index (Phi) is 4.96. The van der Waals surface area contributed by atoms with Crippen molar-refractivity contribution in [3.8, 4) is 0 Å². The molecule has 2 aromatic rings. The lowest BCUT2D eigenvalue weighted by Crippen LogP contribution is -2.06. The quantitative estimate of drug-likeness (QED) is 0.625. The molecule has 0 aliphatic rings. The van der Waals surface area contributed by atoms with E-state index in [1.807, 2.05) is 0 Å². The van der Waals surface area contributed by atoms with Crippen molar-refractivity contribution in [3.05, 3.63) is 17.0 Å². The number of unbranched alkanes of at least 4 members (excludes halogenated alkanes) is 5. The van der Waals surface area contributed by atoms with Gasteiger partial charge in [0.1, 0.15) is 17.3 Å². The zero-order valence-electron chi connectivity index (χ0n) is 11.3. The summed E-state index contributed by atoms with van der Waals surface area (Å²) < 4.78 is 1.54. The Morgan fingerprint density at radius 1 is 1.21 bits per heavy atom. The summed E-state index contributed by atoms with van der Waals surface area (Å²) in [5, 5.41) is 4.50. The number of nitrogen functional groups attached to an aromatic ring is 1. The molecule has 0 aliphatic heterocycles. The second-order valence-corrected chi connectivity index (χ2v) is 5.11. The van der Waals surface area contributed by atoms with Gasteiger partial charge >= 0.3 is 0 Å². The Labute approximate surface area is 118 Å². The van der Waals surface area contributed by atoms with Gasteiger partial charge in [0.2, 0.25) is 0 Å². The van der Waals surface area contributed by atoms with E-state index >= 15 is 0 Å². The molecule has 5 nitrogen and oxygen atoms in total. The highest BCUT2D eigenvalue weighted by Gasteiger charge is 2.12. The molecule has 0 aromatic carbocycles. The molecule has 19 heavy (non-hydrogen) atoms. The van der Waals surface area contributed by atoms with Gasteiger partial charge in [0, 0.05) is 5.56 Å². The number of fused-ring (bicyclic) bond motifs is 1. The van der Waals surface area contributed by atoms with Gasteiger partial charge < -0.3 is 5.73 Å². The van der Waals surface area contributed by atoms with Crippen LogP contribution in [0.4, 0.5) is 5.82 Å². The first-order valence-corrected chi connectivity index (χ1v) is 7.25. The summed E-state index contributed by atoms with van der Waals surface area (Å²) in [5.74, 6) is 1.01. The maximum absolute atomic E-state index is 6.16. The van der Waals surface area contributed by atoms with Gasteiger partial charge in [-0.3, -0.25) is 0 Å². The lowest BCUT2D eigenvalue weighted by molar-refractivity contribution is 0.607. The maximum Gasteiger partial charge on any atom is 0.255 e. The van der Waals surface area contributed by atoms with Crippen LogP contribution in [0.15, 0.2) is 6.33 Å². The molecule has 0 unspecified atom stereocenters. The highest BCUT2D eigenvalue weighted by molar-refractivity contribution is 6.30. The number of halogens is 1. The fraction of sp³-hybridized carbons (Fsp3) is 0.615. The second kappa shape index (κ2) is 6.70. The largest absolute Gasteiger partial charge is 0.383 e. The highest BCUT2D eigenvalue weighted by atomic mass is 35.5. The minimum absolute atomic E-state index is 0.451. The fourth-order valence-electron chi connectivity index (χ4n) is 2.18. The highest BCUT2D eigenvalue weighted by Crippen LogP contribution is 2.23. The molecule has 0 spiro atoms. The van der Waals surface area contributed by atoms with Crippen molar-refractivity contribution in [2.45, 2.75) is 51.9 Å². The Hall–Kier alpha value is -1.36. The molecule has 0 bridgehead atoms. The van der Waals surface area contributed by atoms with Gasteiger partial charge in [0.05, 0.1) is 0 Å². The van der Waals surface area contributed by atoms with Gasteiger partial charge in [-0.2, -0.15) is 19.6 Å². The summed E-state index contributed by atoms with van der Waals surface area (Å²) in [7, 11) is 0. The van der Waals surface area contributed by atoms with Crippen molar-refractivity contribution >= 4 is 23.2 Å². The molecule has 0 amide bonds. The zero-order chi connectivity index (χ0) is 13.7. The van der Waals surface area contributed by atoms with E-state index in [0.717, 1.165) is 18.4 Å². The minimum Gasteiger partial charge on any atom is -0.383 e. The van der Waals surface area contributed by atoms with E-state index in [0.29, 0.717) is 16.7 Å². The summed E-state index contributed by atoms with van der Waals surface area (Å²) in [4.78, 5) is 8.19. The first kappa shape index (κ1) is 14.1. The molecule has 0 fully saturated rings. The minimum atomic E-state index is 0.451. The lowest BCUT2D eigenvalue weighted by atomic mass is 10.1. The third kappa shape index (κ3) is 3.35. The van der Waals surface area contributed by atoms with Crippen LogP contribution in [0.2, 0.25) is 5.15 Å². The third-order valence-corrected chi connectivity index (χ3v) is 3.61. The van der Waals surface area contributed by atoms with Crippen LogP contribution in [-0.2, 0) is 6.42 Å². The van der Waals surface area contributed by atoms with Crippen molar-refractivity contribution in [3.63, 3.8) is 0 Å². The summed E-state index contributed by atoms with van der Waals surface area (Å²) in [6, 6.07) is 0. The van der Waals surface area contributed by atoms with Gasteiger partial charge in [-0.05, 0) is 12.8 Å². The van der Waals surface area contributed by atoms with Crippen molar-refractivity contribution in [2.24, 2.45) is 0 Å². The Balaban J connectivity index is 1.96. The van der Waals surface area contributed by atoms with E-state index in [1.165, 1.54) is 42.9 Å². The zero-order valence-corrected chi connectivity index (χ0v) is 12.0. The van der Waals surface area contributed by atoms with Gasteiger partial charge in [-0.25, -0.2) is 0 Å². The Morgan fingerprint density at radius 3 is 2.74 bits per heavy atom. The molecule has 0 atom stereocenters. The Morgan fingerprint density at radius 2 is 1.95 bits per heavy atom. The van der Waals surface area contributed by atoms with E-state index in [-0.39, 0.29) is 0 Å². The molecule has 0 aliphatic carbocycles. The molecule has 6 heteroatoms.